The fourth-order valence-electron chi connectivity index (χ4n) is 2.73. The van der Waals surface area contributed by atoms with E-state index < -0.39 is 6.09 Å². The van der Waals surface area contributed by atoms with E-state index in [4.69, 9.17) is 5.11 Å². The summed E-state index contributed by atoms with van der Waals surface area (Å²) in [4.78, 5) is 15.0. The first kappa shape index (κ1) is 14.8. The maximum absolute atomic E-state index is 11.2. The molecule has 5 heteroatoms. The molecular formula is C15H22N2O3. The predicted molar refractivity (Wildman–Crippen MR) is 76.6 cm³/mol. The summed E-state index contributed by atoms with van der Waals surface area (Å²) in [5.41, 5.74) is 1.25. The highest BCUT2D eigenvalue weighted by Crippen LogP contribution is 2.17. The van der Waals surface area contributed by atoms with E-state index in [1.807, 2.05) is 18.2 Å². The van der Waals surface area contributed by atoms with Gasteiger partial charge in [-0.1, -0.05) is 30.3 Å². The molecule has 1 fully saturated rings. The number of amides is 1. The van der Waals surface area contributed by atoms with E-state index >= 15 is 0 Å². The normalized spacial score (nSPS) is 20.1. The Morgan fingerprint density at radius 3 is 2.65 bits per heavy atom. The molecular weight excluding hydrogens is 256 g/mol. The number of rotatable bonds is 5. The second-order valence-corrected chi connectivity index (χ2v) is 5.22. The number of nitrogens with zero attached hydrogens (tertiary/aromatic N) is 2. The first-order valence-electron chi connectivity index (χ1n) is 7.07. The first-order chi connectivity index (χ1) is 9.70. The zero-order valence-corrected chi connectivity index (χ0v) is 11.6. The standard InChI is InChI=1S/C15H22N2O3/c18-10-4-7-14-12-16(8-9-17(14)15(19)20)11-13-5-2-1-3-6-13/h1-3,5-6,14,18H,4,7-12H2,(H,19,20)/t14-/m1/s1. The van der Waals surface area contributed by atoms with Gasteiger partial charge >= 0.3 is 6.09 Å². The van der Waals surface area contributed by atoms with Crippen molar-refractivity contribution in [2.45, 2.75) is 25.4 Å². The van der Waals surface area contributed by atoms with Crippen molar-refractivity contribution < 1.29 is 15.0 Å². The van der Waals surface area contributed by atoms with Gasteiger partial charge in [0, 0.05) is 38.8 Å². The smallest absolute Gasteiger partial charge is 0.407 e. The minimum absolute atomic E-state index is 0.0166. The molecule has 20 heavy (non-hydrogen) atoms. The summed E-state index contributed by atoms with van der Waals surface area (Å²) in [6.45, 7) is 3.00. The van der Waals surface area contributed by atoms with Crippen molar-refractivity contribution in [2.24, 2.45) is 0 Å². The quantitative estimate of drug-likeness (QED) is 0.859. The molecule has 0 saturated carbocycles. The average molecular weight is 278 g/mol. The minimum Gasteiger partial charge on any atom is -0.465 e. The lowest BCUT2D eigenvalue weighted by molar-refractivity contribution is 0.0582. The van der Waals surface area contributed by atoms with Gasteiger partial charge in [-0.2, -0.15) is 0 Å². The molecule has 1 heterocycles. The van der Waals surface area contributed by atoms with E-state index in [0.29, 0.717) is 19.4 Å². The third-order valence-electron chi connectivity index (χ3n) is 3.76. The van der Waals surface area contributed by atoms with Gasteiger partial charge in [0.1, 0.15) is 0 Å². The van der Waals surface area contributed by atoms with Gasteiger partial charge in [-0.15, -0.1) is 0 Å². The number of aliphatic hydroxyl groups excluding tert-OH is 1. The summed E-state index contributed by atoms with van der Waals surface area (Å²) in [5, 5.41) is 18.2. The number of carboxylic acid groups (broad SMARTS) is 1. The van der Waals surface area contributed by atoms with Crippen LogP contribution in [0.4, 0.5) is 4.79 Å². The second-order valence-electron chi connectivity index (χ2n) is 5.22. The molecule has 0 unspecified atom stereocenters. The van der Waals surface area contributed by atoms with Crippen LogP contribution < -0.4 is 0 Å². The third kappa shape index (κ3) is 3.95. The Balaban J connectivity index is 1.95. The van der Waals surface area contributed by atoms with Crippen LogP contribution in [-0.4, -0.2) is 58.4 Å². The maximum Gasteiger partial charge on any atom is 0.407 e. The van der Waals surface area contributed by atoms with Crippen LogP contribution in [0.2, 0.25) is 0 Å². The van der Waals surface area contributed by atoms with Crippen LogP contribution in [0.3, 0.4) is 0 Å². The van der Waals surface area contributed by atoms with E-state index in [1.165, 1.54) is 10.5 Å². The Kier molecular flexibility index (Phi) is 5.38. The van der Waals surface area contributed by atoms with Crippen molar-refractivity contribution in [3.63, 3.8) is 0 Å². The first-order valence-corrected chi connectivity index (χ1v) is 7.07. The van der Waals surface area contributed by atoms with Gasteiger partial charge in [0.25, 0.3) is 0 Å². The summed E-state index contributed by atoms with van der Waals surface area (Å²) in [6, 6.07) is 10.2. The highest BCUT2D eigenvalue weighted by atomic mass is 16.4. The van der Waals surface area contributed by atoms with Crippen molar-refractivity contribution in [3.8, 4) is 0 Å². The molecule has 0 aliphatic carbocycles. The van der Waals surface area contributed by atoms with E-state index in [-0.39, 0.29) is 12.6 Å². The average Bonchev–Trinajstić information content (AvgIpc) is 2.46. The van der Waals surface area contributed by atoms with E-state index in [0.717, 1.165) is 19.6 Å². The van der Waals surface area contributed by atoms with Crippen LogP contribution in [-0.2, 0) is 6.54 Å². The molecule has 0 radical (unpaired) electrons. The topological polar surface area (TPSA) is 64.0 Å². The lowest BCUT2D eigenvalue weighted by atomic mass is 10.1. The molecule has 0 aromatic heterocycles. The lowest BCUT2D eigenvalue weighted by Gasteiger charge is -2.40. The van der Waals surface area contributed by atoms with Crippen LogP contribution >= 0.6 is 0 Å². The summed E-state index contributed by atoms with van der Waals surface area (Å²) >= 11 is 0. The number of aliphatic hydroxyl groups is 1. The number of piperazine rings is 1. The van der Waals surface area contributed by atoms with Crippen LogP contribution in [0.15, 0.2) is 30.3 Å². The molecule has 0 spiro atoms. The highest BCUT2D eigenvalue weighted by molar-refractivity contribution is 5.65. The monoisotopic (exact) mass is 278 g/mol. The molecule has 5 nitrogen and oxygen atoms in total. The van der Waals surface area contributed by atoms with Crippen molar-refractivity contribution in [1.29, 1.82) is 0 Å². The van der Waals surface area contributed by atoms with E-state index in [9.17, 15) is 9.90 Å². The molecule has 1 aromatic rings. The summed E-state index contributed by atoms with van der Waals surface area (Å²) in [5.74, 6) is 0. The number of hydrogen-bond acceptors (Lipinski definition) is 3. The minimum atomic E-state index is -0.854. The fourth-order valence-corrected chi connectivity index (χ4v) is 2.73. The van der Waals surface area contributed by atoms with Gasteiger partial charge in [0.15, 0.2) is 0 Å². The van der Waals surface area contributed by atoms with Crippen molar-refractivity contribution in [3.05, 3.63) is 35.9 Å². The summed E-state index contributed by atoms with van der Waals surface area (Å²) in [6.07, 6.45) is 0.508. The Hall–Kier alpha value is -1.59. The van der Waals surface area contributed by atoms with Gasteiger partial charge in [-0.05, 0) is 18.4 Å². The zero-order chi connectivity index (χ0) is 14.4. The fraction of sp³-hybridized carbons (Fsp3) is 0.533. The Morgan fingerprint density at radius 2 is 2.00 bits per heavy atom. The van der Waals surface area contributed by atoms with Gasteiger partial charge in [-0.25, -0.2) is 4.79 Å². The largest absolute Gasteiger partial charge is 0.465 e. The van der Waals surface area contributed by atoms with Crippen LogP contribution in [0.5, 0.6) is 0 Å². The molecule has 1 aliphatic heterocycles. The van der Waals surface area contributed by atoms with Gasteiger partial charge < -0.3 is 15.1 Å². The molecule has 0 bridgehead atoms. The van der Waals surface area contributed by atoms with Gasteiger partial charge in [-0.3, -0.25) is 4.90 Å². The van der Waals surface area contributed by atoms with Crippen LogP contribution in [0.1, 0.15) is 18.4 Å². The lowest BCUT2D eigenvalue weighted by Crippen LogP contribution is -2.54. The molecule has 110 valence electrons. The van der Waals surface area contributed by atoms with Gasteiger partial charge in [0.2, 0.25) is 0 Å². The number of hydrogen-bond donors (Lipinski definition) is 2. The van der Waals surface area contributed by atoms with E-state index in [1.54, 1.807) is 0 Å². The van der Waals surface area contributed by atoms with Crippen molar-refractivity contribution in [1.82, 2.24) is 9.80 Å². The van der Waals surface area contributed by atoms with Crippen LogP contribution in [0.25, 0.3) is 0 Å². The van der Waals surface area contributed by atoms with Gasteiger partial charge in [0.05, 0.1) is 0 Å². The Bertz CT molecular complexity index is 424. The van der Waals surface area contributed by atoms with Crippen LogP contribution in [0, 0.1) is 0 Å². The number of carbonyl (C=O) groups is 1. The van der Waals surface area contributed by atoms with Crippen molar-refractivity contribution in [2.75, 3.05) is 26.2 Å². The molecule has 1 aliphatic rings. The third-order valence-corrected chi connectivity index (χ3v) is 3.76. The second kappa shape index (κ2) is 7.26. The highest BCUT2D eigenvalue weighted by Gasteiger charge is 2.29. The summed E-state index contributed by atoms with van der Waals surface area (Å²) < 4.78 is 0. The maximum atomic E-state index is 11.2. The zero-order valence-electron chi connectivity index (χ0n) is 11.6. The van der Waals surface area contributed by atoms with Crippen molar-refractivity contribution >= 4 is 6.09 Å². The molecule has 1 atom stereocenters. The molecule has 2 N–H and O–H groups in total. The predicted octanol–water partition coefficient (Wildman–Crippen LogP) is 1.62. The Labute approximate surface area is 119 Å². The number of benzene rings is 1. The molecule has 1 amide bonds. The summed E-state index contributed by atoms with van der Waals surface area (Å²) in [7, 11) is 0. The Morgan fingerprint density at radius 1 is 1.25 bits per heavy atom. The molecule has 2 rings (SSSR count). The van der Waals surface area contributed by atoms with E-state index in [2.05, 4.69) is 17.0 Å². The molecule has 1 saturated heterocycles. The SMILES string of the molecule is O=C(O)N1CCN(Cc2ccccc2)C[C@H]1CCCO. The molecule has 1 aromatic carbocycles.